The van der Waals surface area contributed by atoms with E-state index in [9.17, 15) is 8.78 Å². The topological polar surface area (TPSA) is 80.0 Å². The van der Waals surface area contributed by atoms with Crippen molar-refractivity contribution in [1.82, 2.24) is 4.90 Å². The lowest BCUT2D eigenvalue weighted by molar-refractivity contribution is 0.0175. The van der Waals surface area contributed by atoms with Crippen molar-refractivity contribution in [3.8, 4) is 0 Å². The van der Waals surface area contributed by atoms with Gasteiger partial charge in [-0.05, 0) is 28.1 Å². The summed E-state index contributed by atoms with van der Waals surface area (Å²) in [6.07, 6.45) is -0.232. The molecule has 0 spiro atoms. The number of alkyl halides is 2. The summed E-state index contributed by atoms with van der Waals surface area (Å²) in [4.78, 5) is 9.22. The standard InChI is InChI=1S/C12H14BrF2N5/c13-8-3-1-2-4-9(8)18-10(16)19-11(17)20-6-5-12(14,15)7-20/h1-4H,5-7H2,(H4,16,17,18,19). The molecule has 0 radical (unpaired) electrons. The van der Waals surface area contributed by atoms with E-state index in [1.807, 2.05) is 6.07 Å². The predicted molar refractivity (Wildman–Crippen MR) is 78.2 cm³/mol. The van der Waals surface area contributed by atoms with E-state index in [0.29, 0.717) is 5.69 Å². The van der Waals surface area contributed by atoms with Gasteiger partial charge in [0.05, 0.1) is 12.2 Å². The lowest BCUT2D eigenvalue weighted by Crippen LogP contribution is -2.38. The molecule has 1 aromatic rings. The lowest BCUT2D eigenvalue weighted by atomic mass is 10.3. The van der Waals surface area contributed by atoms with Gasteiger partial charge in [-0.2, -0.15) is 4.99 Å². The average Bonchev–Trinajstić information content (AvgIpc) is 2.73. The van der Waals surface area contributed by atoms with Crippen LogP contribution in [0, 0.1) is 0 Å². The van der Waals surface area contributed by atoms with Gasteiger partial charge in [-0.3, -0.25) is 0 Å². The Bertz CT molecular complexity index is 559. The molecule has 4 N–H and O–H groups in total. The van der Waals surface area contributed by atoms with Gasteiger partial charge in [0.25, 0.3) is 5.92 Å². The summed E-state index contributed by atoms with van der Waals surface area (Å²) >= 11 is 3.32. The average molecular weight is 346 g/mol. The van der Waals surface area contributed by atoms with Crippen LogP contribution in [-0.2, 0) is 0 Å². The van der Waals surface area contributed by atoms with Crippen molar-refractivity contribution in [1.29, 1.82) is 0 Å². The molecule has 0 amide bonds. The third-order valence-electron chi connectivity index (χ3n) is 2.81. The first-order valence-corrected chi connectivity index (χ1v) is 6.72. The Hall–Kier alpha value is -1.70. The maximum atomic E-state index is 13.1. The SMILES string of the molecule is NC(=Nc1ccccc1Br)N=C(N)N1CCC(F)(F)C1. The van der Waals surface area contributed by atoms with Gasteiger partial charge in [0.1, 0.15) is 0 Å². The quantitative estimate of drug-likeness (QED) is 0.603. The van der Waals surface area contributed by atoms with Gasteiger partial charge in [-0.25, -0.2) is 13.8 Å². The van der Waals surface area contributed by atoms with Gasteiger partial charge in [0, 0.05) is 17.4 Å². The Labute approximate surface area is 123 Å². The molecule has 1 aliphatic rings. The monoisotopic (exact) mass is 345 g/mol. The van der Waals surface area contributed by atoms with Gasteiger partial charge in [0.15, 0.2) is 5.96 Å². The second-order valence-corrected chi connectivity index (χ2v) is 5.27. The van der Waals surface area contributed by atoms with E-state index in [0.717, 1.165) is 4.47 Å². The number of halogens is 3. The highest BCUT2D eigenvalue weighted by molar-refractivity contribution is 9.10. The maximum absolute atomic E-state index is 13.1. The van der Waals surface area contributed by atoms with Crippen molar-refractivity contribution >= 4 is 33.5 Å². The molecule has 1 aliphatic heterocycles. The zero-order valence-electron chi connectivity index (χ0n) is 10.6. The number of rotatable bonds is 1. The molecule has 0 aromatic heterocycles. The van der Waals surface area contributed by atoms with Crippen molar-refractivity contribution in [2.24, 2.45) is 21.5 Å². The van der Waals surface area contributed by atoms with Crippen molar-refractivity contribution in [2.45, 2.75) is 12.3 Å². The van der Waals surface area contributed by atoms with Crippen molar-refractivity contribution < 1.29 is 8.78 Å². The minimum atomic E-state index is -2.73. The van der Waals surface area contributed by atoms with Crippen LogP contribution in [-0.4, -0.2) is 35.8 Å². The minimum Gasteiger partial charge on any atom is -0.369 e. The Kier molecular flexibility index (Phi) is 4.22. The van der Waals surface area contributed by atoms with E-state index in [1.165, 1.54) is 4.90 Å². The lowest BCUT2D eigenvalue weighted by Gasteiger charge is -2.16. The van der Waals surface area contributed by atoms with Gasteiger partial charge in [-0.15, -0.1) is 0 Å². The fraction of sp³-hybridized carbons (Fsp3) is 0.333. The molecule has 0 bridgehead atoms. The first-order chi connectivity index (χ1) is 9.37. The molecule has 0 saturated carbocycles. The second-order valence-electron chi connectivity index (χ2n) is 4.42. The first kappa shape index (κ1) is 14.7. The maximum Gasteiger partial charge on any atom is 0.267 e. The number of hydrogen-bond donors (Lipinski definition) is 2. The molecule has 0 unspecified atom stereocenters. The van der Waals surface area contributed by atoms with Crippen LogP contribution in [0.3, 0.4) is 0 Å². The number of likely N-dealkylation sites (tertiary alicyclic amines) is 1. The van der Waals surface area contributed by atoms with Crippen molar-refractivity contribution in [2.75, 3.05) is 13.1 Å². The van der Waals surface area contributed by atoms with Crippen LogP contribution in [0.25, 0.3) is 0 Å². The number of benzene rings is 1. The molecule has 1 fully saturated rings. The Morgan fingerprint density at radius 3 is 2.60 bits per heavy atom. The number of aliphatic imine (C=N–C) groups is 2. The fourth-order valence-corrected chi connectivity index (χ4v) is 2.18. The summed E-state index contributed by atoms with van der Waals surface area (Å²) in [6, 6.07) is 7.18. The summed E-state index contributed by atoms with van der Waals surface area (Å²) in [5.74, 6) is -2.85. The molecular formula is C12H14BrF2N5. The van der Waals surface area contributed by atoms with E-state index in [2.05, 4.69) is 25.9 Å². The van der Waals surface area contributed by atoms with E-state index in [-0.39, 0.29) is 24.9 Å². The normalized spacial score (nSPS) is 19.4. The molecular weight excluding hydrogens is 332 g/mol. The molecule has 1 aromatic carbocycles. The van der Waals surface area contributed by atoms with Gasteiger partial charge < -0.3 is 16.4 Å². The Morgan fingerprint density at radius 1 is 1.30 bits per heavy atom. The van der Waals surface area contributed by atoms with Crippen LogP contribution in [0.2, 0.25) is 0 Å². The molecule has 5 nitrogen and oxygen atoms in total. The highest BCUT2D eigenvalue weighted by Crippen LogP contribution is 2.26. The zero-order chi connectivity index (χ0) is 14.8. The molecule has 0 aliphatic carbocycles. The highest BCUT2D eigenvalue weighted by Gasteiger charge is 2.39. The number of hydrogen-bond acceptors (Lipinski definition) is 1. The predicted octanol–water partition coefficient (Wildman–Crippen LogP) is 2.05. The van der Waals surface area contributed by atoms with Crippen LogP contribution in [0.5, 0.6) is 0 Å². The summed E-state index contributed by atoms with van der Waals surface area (Å²) in [7, 11) is 0. The molecule has 20 heavy (non-hydrogen) atoms. The molecule has 2 rings (SSSR count). The summed E-state index contributed by atoms with van der Waals surface area (Å²) in [5, 5.41) is 0. The number of nitrogens with two attached hydrogens (primary N) is 2. The zero-order valence-corrected chi connectivity index (χ0v) is 12.1. The summed E-state index contributed by atoms with van der Waals surface area (Å²) in [5.41, 5.74) is 11.9. The molecule has 1 heterocycles. The summed E-state index contributed by atoms with van der Waals surface area (Å²) < 4.78 is 26.9. The second kappa shape index (κ2) is 5.74. The highest BCUT2D eigenvalue weighted by atomic mass is 79.9. The van der Waals surface area contributed by atoms with Crippen LogP contribution in [0.4, 0.5) is 14.5 Å². The van der Waals surface area contributed by atoms with E-state index >= 15 is 0 Å². The molecule has 1 saturated heterocycles. The van der Waals surface area contributed by atoms with E-state index in [1.54, 1.807) is 18.2 Å². The van der Waals surface area contributed by atoms with Gasteiger partial charge >= 0.3 is 0 Å². The molecule has 8 heteroatoms. The third kappa shape index (κ3) is 3.66. The largest absolute Gasteiger partial charge is 0.369 e. The smallest absolute Gasteiger partial charge is 0.267 e. The Morgan fingerprint density at radius 2 is 2.00 bits per heavy atom. The summed E-state index contributed by atoms with van der Waals surface area (Å²) in [6.45, 7) is -0.282. The molecule has 108 valence electrons. The minimum absolute atomic E-state index is 0.0459. The van der Waals surface area contributed by atoms with Crippen LogP contribution in [0.15, 0.2) is 38.7 Å². The van der Waals surface area contributed by atoms with E-state index < -0.39 is 12.5 Å². The molecule has 0 atom stereocenters. The Balaban J connectivity index is 2.12. The third-order valence-corrected chi connectivity index (χ3v) is 3.48. The number of para-hydroxylation sites is 1. The number of nitrogens with zero attached hydrogens (tertiary/aromatic N) is 3. The van der Waals surface area contributed by atoms with Gasteiger partial charge in [-0.1, -0.05) is 12.1 Å². The van der Waals surface area contributed by atoms with Crippen LogP contribution >= 0.6 is 15.9 Å². The van der Waals surface area contributed by atoms with E-state index in [4.69, 9.17) is 11.5 Å². The fourth-order valence-electron chi connectivity index (χ4n) is 1.81. The van der Waals surface area contributed by atoms with Crippen molar-refractivity contribution in [3.63, 3.8) is 0 Å². The van der Waals surface area contributed by atoms with Crippen LogP contribution in [0.1, 0.15) is 6.42 Å². The first-order valence-electron chi connectivity index (χ1n) is 5.93. The van der Waals surface area contributed by atoms with Gasteiger partial charge in [0.2, 0.25) is 5.96 Å². The number of guanidine groups is 2. The van der Waals surface area contributed by atoms with Crippen molar-refractivity contribution in [3.05, 3.63) is 28.7 Å². The van der Waals surface area contributed by atoms with Crippen LogP contribution < -0.4 is 11.5 Å².